The number of imide groups is 1. The van der Waals surface area contributed by atoms with Crippen LogP contribution in [0.25, 0.3) is 0 Å². The normalized spacial score (nSPS) is 13.3. The Morgan fingerprint density at radius 2 is 1.96 bits per heavy atom. The molecule has 3 rings (SSSR count). The molecule has 0 atom stereocenters. The molecule has 0 saturated heterocycles. The average Bonchev–Trinajstić information content (AvgIpc) is 3.01. The fourth-order valence-corrected chi connectivity index (χ4v) is 3.07. The minimum atomic E-state index is -0.375. The Labute approximate surface area is 152 Å². The van der Waals surface area contributed by atoms with E-state index in [4.69, 9.17) is 4.52 Å². The minimum absolute atomic E-state index is 0.0377. The number of rotatable bonds is 5. The third-order valence-electron chi connectivity index (χ3n) is 4.14. The van der Waals surface area contributed by atoms with E-state index in [0.717, 1.165) is 20.6 Å². The molecular formula is C17H16BrN3O4. The van der Waals surface area contributed by atoms with Crippen LogP contribution in [0.3, 0.4) is 0 Å². The zero-order chi connectivity index (χ0) is 18.1. The molecule has 2 heterocycles. The number of carbonyl (C=O) groups is 3. The molecule has 1 aromatic carbocycles. The van der Waals surface area contributed by atoms with Crippen molar-refractivity contribution < 1.29 is 18.9 Å². The zero-order valence-corrected chi connectivity index (χ0v) is 15.3. The number of benzene rings is 1. The van der Waals surface area contributed by atoms with E-state index in [1.54, 1.807) is 32.0 Å². The van der Waals surface area contributed by atoms with Gasteiger partial charge in [0, 0.05) is 29.5 Å². The monoisotopic (exact) mass is 405 g/mol. The molecule has 7 nitrogen and oxygen atoms in total. The van der Waals surface area contributed by atoms with Crippen molar-refractivity contribution in [1.29, 1.82) is 0 Å². The van der Waals surface area contributed by atoms with E-state index in [0.29, 0.717) is 23.4 Å². The maximum Gasteiger partial charge on any atom is 0.261 e. The molecule has 130 valence electrons. The Balaban J connectivity index is 1.58. The Bertz CT molecular complexity index is 855. The lowest BCUT2D eigenvalue weighted by molar-refractivity contribution is -0.121. The van der Waals surface area contributed by atoms with E-state index in [9.17, 15) is 14.4 Å². The average molecular weight is 406 g/mol. The molecule has 0 saturated carbocycles. The van der Waals surface area contributed by atoms with Gasteiger partial charge in [0.2, 0.25) is 5.91 Å². The van der Waals surface area contributed by atoms with Crippen molar-refractivity contribution in [2.24, 2.45) is 0 Å². The van der Waals surface area contributed by atoms with E-state index in [1.165, 1.54) is 0 Å². The van der Waals surface area contributed by atoms with Crippen molar-refractivity contribution in [1.82, 2.24) is 15.4 Å². The third kappa shape index (κ3) is 3.34. The van der Waals surface area contributed by atoms with Gasteiger partial charge in [0.25, 0.3) is 11.8 Å². The molecule has 8 heteroatoms. The molecule has 0 fully saturated rings. The van der Waals surface area contributed by atoms with Crippen molar-refractivity contribution in [3.05, 3.63) is 50.8 Å². The fraction of sp³-hybridized carbons (Fsp3) is 0.294. The smallest absolute Gasteiger partial charge is 0.261 e. The molecule has 1 aliphatic rings. The number of nitrogens with zero attached hydrogens (tertiary/aromatic N) is 2. The molecule has 0 aliphatic carbocycles. The molecule has 0 bridgehead atoms. The molecular weight excluding hydrogens is 390 g/mol. The van der Waals surface area contributed by atoms with Crippen LogP contribution in [-0.4, -0.2) is 34.3 Å². The molecule has 3 amide bonds. The molecule has 1 N–H and O–H groups in total. The number of hydrogen-bond acceptors (Lipinski definition) is 5. The van der Waals surface area contributed by atoms with Crippen LogP contribution in [0, 0.1) is 13.8 Å². The Morgan fingerprint density at radius 1 is 1.24 bits per heavy atom. The summed E-state index contributed by atoms with van der Waals surface area (Å²) in [6, 6.07) is 4.94. The van der Waals surface area contributed by atoms with Crippen molar-refractivity contribution in [3.63, 3.8) is 0 Å². The highest BCUT2D eigenvalue weighted by Gasteiger charge is 2.35. The van der Waals surface area contributed by atoms with Crippen LogP contribution in [0.2, 0.25) is 0 Å². The number of aromatic nitrogens is 1. The third-order valence-corrected chi connectivity index (χ3v) is 4.63. The van der Waals surface area contributed by atoms with Crippen LogP contribution in [0.5, 0.6) is 0 Å². The molecule has 0 radical (unpaired) electrons. The van der Waals surface area contributed by atoms with Gasteiger partial charge < -0.3 is 9.84 Å². The number of fused-ring (bicyclic) bond motifs is 1. The van der Waals surface area contributed by atoms with Crippen LogP contribution < -0.4 is 5.32 Å². The fourth-order valence-electron chi connectivity index (χ4n) is 2.71. The van der Waals surface area contributed by atoms with Gasteiger partial charge in [-0.05, 0) is 32.0 Å². The quantitative estimate of drug-likeness (QED) is 0.770. The first-order valence-corrected chi connectivity index (χ1v) is 8.52. The first-order valence-electron chi connectivity index (χ1n) is 7.72. The lowest BCUT2D eigenvalue weighted by Gasteiger charge is -2.13. The van der Waals surface area contributed by atoms with Crippen LogP contribution >= 0.6 is 15.9 Å². The summed E-state index contributed by atoms with van der Waals surface area (Å²) in [4.78, 5) is 37.8. The van der Waals surface area contributed by atoms with Gasteiger partial charge in [-0.25, -0.2) is 0 Å². The van der Waals surface area contributed by atoms with Gasteiger partial charge >= 0.3 is 0 Å². The Morgan fingerprint density at radius 3 is 2.64 bits per heavy atom. The van der Waals surface area contributed by atoms with Gasteiger partial charge in [-0.3, -0.25) is 19.3 Å². The maximum absolute atomic E-state index is 12.3. The van der Waals surface area contributed by atoms with Gasteiger partial charge in [-0.2, -0.15) is 0 Å². The van der Waals surface area contributed by atoms with Crippen LogP contribution in [0.15, 0.2) is 27.2 Å². The second-order valence-electron chi connectivity index (χ2n) is 5.78. The van der Waals surface area contributed by atoms with Crippen molar-refractivity contribution in [2.45, 2.75) is 26.8 Å². The second-order valence-corrected chi connectivity index (χ2v) is 6.70. The maximum atomic E-state index is 12.3. The number of nitrogens with one attached hydrogen (secondary N) is 1. The van der Waals surface area contributed by atoms with E-state index in [-0.39, 0.29) is 30.7 Å². The zero-order valence-electron chi connectivity index (χ0n) is 13.8. The summed E-state index contributed by atoms with van der Waals surface area (Å²) in [6.07, 6.45) is 0.0377. The molecule has 2 aromatic rings. The molecule has 1 aliphatic heterocycles. The first kappa shape index (κ1) is 17.3. The van der Waals surface area contributed by atoms with Gasteiger partial charge in [-0.15, -0.1) is 0 Å². The van der Waals surface area contributed by atoms with Gasteiger partial charge in [0.15, 0.2) is 0 Å². The van der Waals surface area contributed by atoms with Crippen LogP contribution in [0.1, 0.15) is 44.2 Å². The van der Waals surface area contributed by atoms with Gasteiger partial charge in [-0.1, -0.05) is 21.1 Å². The SMILES string of the molecule is Cc1noc(C)c1CNC(=O)CCN1C(=O)c2ccc(Br)cc2C1=O. The number of amides is 3. The van der Waals surface area contributed by atoms with Crippen LogP contribution in [0.4, 0.5) is 0 Å². The molecule has 0 unspecified atom stereocenters. The van der Waals surface area contributed by atoms with Gasteiger partial charge in [0.1, 0.15) is 5.76 Å². The van der Waals surface area contributed by atoms with E-state index < -0.39 is 0 Å². The predicted octanol–water partition coefficient (Wildman–Crippen LogP) is 2.36. The number of carbonyl (C=O) groups excluding carboxylic acids is 3. The summed E-state index contributed by atoms with van der Waals surface area (Å²) in [7, 11) is 0. The molecule has 0 spiro atoms. The summed E-state index contributed by atoms with van der Waals surface area (Å²) >= 11 is 3.29. The minimum Gasteiger partial charge on any atom is -0.361 e. The lowest BCUT2D eigenvalue weighted by Crippen LogP contribution is -2.34. The van der Waals surface area contributed by atoms with Crippen molar-refractivity contribution in [2.75, 3.05) is 6.54 Å². The summed E-state index contributed by atoms with van der Waals surface area (Å²) in [5.74, 6) is -0.340. The summed E-state index contributed by atoms with van der Waals surface area (Å²) in [5, 5.41) is 6.58. The van der Waals surface area contributed by atoms with E-state index >= 15 is 0 Å². The number of halogens is 1. The highest BCUT2D eigenvalue weighted by atomic mass is 79.9. The largest absolute Gasteiger partial charge is 0.361 e. The lowest BCUT2D eigenvalue weighted by atomic mass is 10.1. The standard InChI is InChI=1S/C17H16BrN3O4/c1-9-14(10(2)25-20-9)8-19-15(22)5-6-21-16(23)12-4-3-11(18)7-13(12)17(21)24/h3-4,7H,5-6,8H2,1-2H3,(H,19,22). The van der Waals surface area contributed by atoms with Crippen molar-refractivity contribution >= 4 is 33.7 Å². The molecule has 25 heavy (non-hydrogen) atoms. The summed E-state index contributed by atoms with van der Waals surface area (Å²) < 4.78 is 5.77. The second kappa shape index (κ2) is 6.79. The predicted molar refractivity (Wildman–Crippen MR) is 91.9 cm³/mol. The van der Waals surface area contributed by atoms with Crippen molar-refractivity contribution in [3.8, 4) is 0 Å². The number of hydrogen-bond donors (Lipinski definition) is 1. The summed E-state index contributed by atoms with van der Waals surface area (Å²) in [5.41, 5.74) is 2.28. The topological polar surface area (TPSA) is 92.5 Å². The van der Waals surface area contributed by atoms with Crippen LogP contribution in [-0.2, 0) is 11.3 Å². The summed E-state index contributed by atoms with van der Waals surface area (Å²) in [6.45, 7) is 3.92. The Hall–Kier alpha value is -2.48. The first-order chi connectivity index (χ1) is 11.9. The highest BCUT2D eigenvalue weighted by molar-refractivity contribution is 9.10. The van der Waals surface area contributed by atoms with Gasteiger partial charge in [0.05, 0.1) is 16.8 Å². The number of aryl methyl sites for hydroxylation is 2. The molecule has 1 aromatic heterocycles. The Kier molecular flexibility index (Phi) is 4.71. The highest BCUT2D eigenvalue weighted by Crippen LogP contribution is 2.26. The van der Waals surface area contributed by atoms with E-state index in [1.807, 2.05) is 0 Å². The van der Waals surface area contributed by atoms with E-state index in [2.05, 4.69) is 26.4 Å².